The van der Waals surface area contributed by atoms with Gasteiger partial charge in [0.1, 0.15) is 5.75 Å². The van der Waals surface area contributed by atoms with Crippen LogP contribution in [-0.2, 0) is 11.3 Å². The summed E-state index contributed by atoms with van der Waals surface area (Å²) in [5.41, 5.74) is 1.75. The SMILES string of the molecule is CNC(=O)C(C)Oc1ccc(C)nc1CNC(C)C. The maximum absolute atomic E-state index is 11.5. The van der Waals surface area contributed by atoms with Crippen LogP contribution in [0.15, 0.2) is 12.1 Å². The molecule has 0 spiro atoms. The second-order valence-electron chi connectivity index (χ2n) is 4.81. The molecule has 106 valence electrons. The van der Waals surface area contributed by atoms with E-state index in [9.17, 15) is 4.79 Å². The minimum Gasteiger partial charge on any atom is -0.479 e. The van der Waals surface area contributed by atoms with Crippen LogP contribution in [0.2, 0.25) is 0 Å². The molecular weight excluding hydrogens is 242 g/mol. The topological polar surface area (TPSA) is 63.2 Å². The molecule has 1 aromatic rings. The Kier molecular flexibility index (Phi) is 5.76. The van der Waals surface area contributed by atoms with Crippen LogP contribution in [0, 0.1) is 6.92 Å². The molecule has 19 heavy (non-hydrogen) atoms. The van der Waals surface area contributed by atoms with Gasteiger partial charge in [0, 0.05) is 25.3 Å². The summed E-state index contributed by atoms with van der Waals surface area (Å²) in [6, 6.07) is 4.11. The lowest BCUT2D eigenvalue weighted by Crippen LogP contribution is -2.34. The van der Waals surface area contributed by atoms with Gasteiger partial charge < -0.3 is 15.4 Å². The van der Waals surface area contributed by atoms with E-state index >= 15 is 0 Å². The van der Waals surface area contributed by atoms with Crippen molar-refractivity contribution in [3.63, 3.8) is 0 Å². The Bertz CT molecular complexity index is 433. The summed E-state index contributed by atoms with van der Waals surface area (Å²) < 4.78 is 5.67. The summed E-state index contributed by atoms with van der Waals surface area (Å²) in [5.74, 6) is 0.498. The first-order valence-electron chi connectivity index (χ1n) is 6.52. The molecule has 0 aliphatic heterocycles. The predicted molar refractivity (Wildman–Crippen MR) is 75.1 cm³/mol. The minimum absolute atomic E-state index is 0.150. The maximum atomic E-state index is 11.5. The van der Waals surface area contributed by atoms with Crippen LogP contribution in [0.1, 0.15) is 32.2 Å². The number of amides is 1. The fraction of sp³-hybridized carbons (Fsp3) is 0.571. The lowest BCUT2D eigenvalue weighted by atomic mass is 10.2. The highest BCUT2D eigenvalue weighted by atomic mass is 16.5. The fourth-order valence-electron chi connectivity index (χ4n) is 1.58. The first kappa shape index (κ1) is 15.4. The quantitative estimate of drug-likeness (QED) is 0.816. The van der Waals surface area contributed by atoms with Crippen molar-refractivity contribution in [1.82, 2.24) is 15.6 Å². The van der Waals surface area contributed by atoms with E-state index in [1.807, 2.05) is 19.1 Å². The number of ether oxygens (including phenoxy) is 1. The minimum atomic E-state index is -0.535. The molecule has 1 amide bonds. The maximum Gasteiger partial charge on any atom is 0.260 e. The Morgan fingerprint density at radius 3 is 2.63 bits per heavy atom. The molecule has 0 aliphatic carbocycles. The Morgan fingerprint density at radius 2 is 2.05 bits per heavy atom. The molecule has 1 rings (SSSR count). The second kappa shape index (κ2) is 7.09. The van der Waals surface area contributed by atoms with Crippen molar-refractivity contribution < 1.29 is 9.53 Å². The van der Waals surface area contributed by atoms with Gasteiger partial charge in [0.2, 0.25) is 0 Å². The number of nitrogens with zero attached hydrogens (tertiary/aromatic N) is 1. The van der Waals surface area contributed by atoms with Gasteiger partial charge in [0.05, 0.1) is 5.69 Å². The molecule has 0 saturated heterocycles. The van der Waals surface area contributed by atoms with Crippen LogP contribution in [0.3, 0.4) is 0 Å². The van der Waals surface area contributed by atoms with Gasteiger partial charge >= 0.3 is 0 Å². The average Bonchev–Trinajstić information content (AvgIpc) is 2.37. The van der Waals surface area contributed by atoms with E-state index in [1.165, 1.54) is 0 Å². The Labute approximate surface area is 114 Å². The summed E-state index contributed by atoms with van der Waals surface area (Å²) in [5, 5.41) is 5.87. The molecule has 1 unspecified atom stereocenters. The van der Waals surface area contributed by atoms with Gasteiger partial charge in [-0.05, 0) is 26.0 Å². The molecule has 0 fully saturated rings. The molecule has 0 saturated carbocycles. The van der Waals surface area contributed by atoms with Gasteiger partial charge in [-0.2, -0.15) is 0 Å². The highest BCUT2D eigenvalue weighted by Gasteiger charge is 2.15. The number of carbonyl (C=O) groups excluding carboxylic acids is 1. The van der Waals surface area contributed by atoms with Crippen LogP contribution >= 0.6 is 0 Å². The van der Waals surface area contributed by atoms with Crippen molar-refractivity contribution in [2.75, 3.05) is 7.05 Å². The van der Waals surface area contributed by atoms with E-state index in [0.29, 0.717) is 18.3 Å². The number of rotatable bonds is 6. The van der Waals surface area contributed by atoms with Crippen LogP contribution < -0.4 is 15.4 Å². The highest BCUT2D eigenvalue weighted by Crippen LogP contribution is 2.18. The standard InChI is InChI=1S/C14H23N3O2/c1-9(2)16-8-12-13(7-6-10(3)17-12)19-11(4)14(18)15-5/h6-7,9,11,16H,8H2,1-5H3,(H,15,18). The molecule has 0 aliphatic rings. The van der Waals surface area contributed by atoms with E-state index in [2.05, 4.69) is 29.5 Å². The van der Waals surface area contributed by atoms with Crippen LogP contribution in [0.25, 0.3) is 0 Å². The summed E-state index contributed by atoms with van der Waals surface area (Å²) in [7, 11) is 1.59. The van der Waals surface area contributed by atoms with E-state index in [-0.39, 0.29) is 5.91 Å². The average molecular weight is 265 g/mol. The molecule has 0 radical (unpaired) electrons. The van der Waals surface area contributed by atoms with E-state index in [1.54, 1.807) is 14.0 Å². The highest BCUT2D eigenvalue weighted by molar-refractivity contribution is 5.80. The zero-order chi connectivity index (χ0) is 14.4. The van der Waals surface area contributed by atoms with Gasteiger partial charge in [0.25, 0.3) is 5.91 Å². The van der Waals surface area contributed by atoms with Crippen molar-refractivity contribution in [2.45, 2.75) is 46.4 Å². The number of pyridine rings is 1. The number of hydrogen-bond acceptors (Lipinski definition) is 4. The Hall–Kier alpha value is -1.62. The van der Waals surface area contributed by atoms with Gasteiger partial charge in [-0.1, -0.05) is 13.8 Å². The molecule has 5 nitrogen and oxygen atoms in total. The summed E-state index contributed by atoms with van der Waals surface area (Å²) in [4.78, 5) is 16.0. The number of nitrogens with one attached hydrogen (secondary N) is 2. The third kappa shape index (κ3) is 4.87. The predicted octanol–water partition coefficient (Wildman–Crippen LogP) is 1.40. The lowest BCUT2D eigenvalue weighted by molar-refractivity contribution is -0.126. The third-order valence-corrected chi connectivity index (χ3v) is 2.67. The van der Waals surface area contributed by atoms with Crippen LogP contribution in [0.5, 0.6) is 5.75 Å². The molecule has 1 aromatic heterocycles. The van der Waals surface area contributed by atoms with E-state index in [4.69, 9.17) is 4.74 Å². The number of likely N-dealkylation sites (N-methyl/N-ethyl adjacent to an activating group) is 1. The Balaban J connectivity index is 2.84. The van der Waals surface area contributed by atoms with Crippen molar-refractivity contribution in [2.24, 2.45) is 0 Å². The van der Waals surface area contributed by atoms with Crippen molar-refractivity contribution in [3.05, 3.63) is 23.5 Å². The van der Waals surface area contributed by atoms with Gasteiger partial charge in [-0.3, -0.25) is 9.78 Å². The van der Waals surface area contributed by atoms with Gasteiger partial charge in [0.15, 0.2) is 6.10 Å². The molecule has 5 heteroatoms. The zero-order valence-electron chi connectivity index (χ0n) is 12.3. The third-order valence-electron chi connectivity index (χ3n) is 2.67. The van der Waals surface area contributed by atoms with Crippen LogP contribution in [-0.4, -0.2) is 30.1 Å². The summed E-state index contributed by atoms with van der Waals surface area (Å²) in [6.45, 7) is 8.42. The van der Waals surface area contributed by atoms with Crippen molar-refractivity contribution >= 4 is 5.91 Å². The van der Waals surface area contributed by atoms with Crippen LogP contribution in [0.4, 0.5) is 0 Å². The first-order valence-corrected chi connectivity index (χ1v) is 6.52. The molecule has 1 atom stereocenters. The largest absolute Gasteiger partial charge is 0.479 e. The van der Waals surface area contributed by atoms with Crippen molar-refractivity contribution in [1.29, 1.82) is 0 Å². The zero-order valence-corrected chi connectivity index (χ0v) is 12.3. The molecule has 1 heterocycles. The molecule has 0 aromatic carbocycles. The normalized spacial score (nSPS) is 12.3. The fourth-order valence-corrected chi connectivity index (χ4v) is 1.58. The molecule has 0 bridgehead atoms. The number of carbonyl (C=O) groups is 1. The summed E-state index contributed by atoms with van der Waals surface area (Å²) >= 11 is 0. The Morgan fingerprint density at radius 1 is 1.37 bits per heavy atom. The summed E-state index contributed by atoms with van der Waals surface area (Å²) in [6.07, 6.45) is -0.535. The molecular formula is C14H23N3O2. The molecule has 2 N–H and O–H groups in total. The number of hydrogen-bond donors (Lipinski definition) is 2. The lowest BCUT2D eigenvalue weighted by Gasteiger charge is -2.17. The van der Waals surface area contributed by atoms with E-state index < -0.39 is 6.10 Å². The van der Waals surface area contributed by atoms with Crippen molar-refractivity contribution in [3.8, 4) is 5.75 Å². The monoisotopic (exact) mass is 265 g/mol. The van der Waals surface area contributed by atoms with Gasteiger partial charge in [-0.25, -0.2) is 0 Å². The smallest absolute Gasteiger partial charge is 0.260 e. The second-order valence-corrected chi connectivity index (χ2v) is 4.81. The first-order chi connectivity index (χ1) is 8.93. The number of aromatic nitrogens is 1. The van der Waals surface area contributed by atoms with E-state index in [0.717, 1.165) is 11.4 Å². The number of aryl methyl sites for hydroxylation is 1. The van der Waals surface area contributed by atoms with Gasteiger partial charge in [-0.15, -0.1) is 0 Å².